The minimum absolute atomic E-state index is 0.0666. The zero-order valence-corrected chi connectivity index (χ0v) is 11.1. The Hall–Kier alpha value is -2.05. The van der Waals surface area contributed by atoms with Crippen LogP contribution in [0.1, 0.15) is 13.8 Å². The van der Waals surface area contributed by atoms with E-state index in [4.69, 9.17) is 5.26 Å². The summed E-state index contributed by atoms with van der Waals surface area (Å²) in [6, 6.07) is 4.05. The quantitative estimate of drug-likeness (QED) is 0.630. The van der Waals surface area contributed by atoms with Crippen LogP contribution < -0.4 is 4.72 Å². The maximum atomic E-state index is 11.8. The summed E-state index contributed by atoms with van der Waals surface area (Å²) in [6.07, 6.45) is 0.903. The van der Waals surface area contributed by atoms with Gasteiger partial charge in [-0.3, -0.25) is 0 Å². The SMILES string of the molecule is CC(C)(C#N)CNS(=O)(=O)c1ccc([N+](=O)[O-])nc1. The van der Waals surface area contributed by atoms with Crippen molar-refractivity contribution in [2.24, 2.45) is 5.41 Å². The summed E-state index contributed by atoms with van der Waals surface area (Å²) >= 11 is 0. The Balaban J connectivity index is 2.90. The van der Waals surface area contributed by atoms with E-state index in [1.165, 1.54) is 0 Å². The minimum Gasteiger partial charge on any atom is -0.358 e. The van der Waals surface area contributed by atoms with E-state index in [0.29, 0.717) is 0 Å². The minimum atomic E-state index is -3.83. The summed E-state index contributed by atoms with van der Waals surface area (Å²) < 4.78 is 25.9. The molecule has 1 aromatic heterocycles. The maximum Gasteiger partial charge on any atom is 0.363 e. The van der Waals surface area contributed by atoms with Crippen LogP contribution in [0.5, 0.6) is 0 Å². The van der Waals surface area contributed by atoms with Gasteiger partial charge in [0.25, 0.3) is 0 Å². The average Bonchev–Trinajstić information content (AvgIpc) is 2.37. The van der Waals surface area contributed by atoms with Gasteiger partial charge < -0.3 is 10.1 Å². The zero-order chi connectivity index (χ0) is 14.7. The molecule has 0 amide bonds. The fourth-order valence-corrected chi connectivity index (χ4v) is 2.19. The summed E-state index contributed by atoms with van der Waals surface area (Å²) in [5.74, 6) is -0.434. The van der Waals surface area contributed by atoms with E-state index >= 15 is 0 Å². The Labute approximate surface area is 110 Å². The van der Waals surface area contributed by atoms with Crippen molar-refractivity contribution in [2.45, 2.75) is 18.7 Å². The average molecular weight is 284 g/mol. The molecule has 0 saturated carbocycles. The lowest BCUT2D eigenvalue weighted by molar-refractivity contribution is -0.389. The number of hydrogen-bond acceptors (Lipinski definition) is 6. The number of pyridine rings is 1. The highest BCUT2D eigenvalue weighted by molar-refractivity contribution is 7.89. The van der Waals surface area contributed by atoms with Crippen molar-refractivity contribution in [3.05, 3.63) is 28.4 Å². The van der Waals surface area contributed by atoms with Gasteiger partial charge in [-0.1, -0.05) is 0 Å². The Kier molecular flexibility index (Phi) is 4.18. The van der Waals surface area contributed by atoms with Crippen molar-refractivity contribution in [1.82, 2.24) is 9.71 Å². The number of nitrogens with zero attached hydrogens (tertiary/aromatic N) is 3. The molecule has 0 bridgehead atoms. The normalized spacial score (nSPS) is 11.8. The first kappa shape index (κ1) is 15.0. The molecule has 0 aliphatic rings. The van der Waals surface area contributed by atoms with Crippen LogP contribution in [0, 0.1) is 26.9 Å². The largest absolute Gasteiger partial charge is 0.363 e. The molecule has 0 aliphatic carbocycles. The second kappa shape index (κ2) is 5.29. The molecule has 9 heteroatoms. The number of sulfonamides is 1. The van der Waals surface area contributed by atoms with E-state index in [1.54, 1.807) is 13.8 Å². The van der Waals surface area contributed by atoms with Crippen molar-refractivity contribution >= 4 is 15.8 Å². The second-order valence-electron chi connectivity index (χ2n) is 4.43. The molecule has 0 fully saturated rings. The van der Waals surface area contributed by atoms with Gasteiger partial charge in [0.05, 0.1) is 11.5 Å². The lowest BCUT2D eigenvalue weighted by Crippen LogP contribution is -2.33. The molecule has 0 atom stereocenters. The first-order valence-electron chi connectivity index (χ1n) is 5.19. The molecule has 1 N–H and O–H groups in total. The Morgan fingerprint density at radius 3 is 2.58 bits per heavy atom. The van der Waals surface area contributed by atoms with Gasteiger partial charge in [-0.05, 0) is 29.8 Å². The van der Waals surface area contributed by atoms with Crippen LogP contribution in [-0.2, 0) is 10.0 Å². The van der Waals surface area contributed by atoms with Crippen molar-refractivity contribution in [2.75, 3.05) is 6.54 Å². The highest BCUT2D eigenvalue weighted by atomic mass is 32.2. The molecule has 19 heavy (non-hydrogen) atoms. The molecule has 1 rings (SSSR count). The number of hydrogen-bond donors (Lipinski definition) is 1. The van der Waals surface area contributed by atoms with E-state index < -0.39 is 26.2 Å². The number of rotatable bonds is 5. The highest BCUT2D eigenvalue weighted by Gasteiger charge is 2.23. The molecular weight excluding hydrogens is 272 g/mol. The van der Waals surface area contributed by atoms with Gasteiger partial charge in [-0.15, -0.1) is 0 Å². The van der Waals surface area contributed by atoms with Crippen molar-refractivity contribution < 1.29 is 13.3 Å². The number of nitro groups is 1. The van der Waals surface area contributed by atoms with Crippen molar-refractivity contribution in [3.63, 3.8) is 0 Å². The van der Waals surface area contributed by atoms with Crippen LogP contribution in [0.15, 0.2) is 23.2 Å². The molecule has 8 nitrogen and oxygen atoms in total. The van der Waals surface area contributed by atoms with Gasteiger partial charge in [-0.25, -0.2) is 13.1 Å². The Morgan fingerprint density at radius 2 is 2.16 bits per heavy atom. The van der Waals surface area contributed by atoms with Gasteiger partial charge in [0.15, 0.2) is 6.20 Å². The van der Waals surface area contributed by atoms with Crippen LogP contribution >= 0.6 is 0 Å². The van der Waals surface area contributed by atoms with E-state index in [9.17, 15) is 18.5 Å². The number of aromatic nitrogens is 1. The van der Waals surface area contributed by atoms with Gasteiger partial charge in [0.1, 0.15) is 4.90 Å². The topological polar surface area (TPSA) is 126 Å². The van der Waals surface area contributed by atoms with Crippen molar-refractivity contribution in [1.29, 1.82) is 5.26 Å². The highest BCUT2D eigenvalue weighted by Crippen LogP contribution is 2.15. The fraction of sp³-hybridized carbons (Fsp3) is 0.400. The van der Waals surface area contributed by atoms with Crippen molar-refractivity contribution in [3.8, 4) is 6.07 Å². The van der Waals surface area contributed by atoms with Gasteiger partial charge >= 0.3 is 5.82 Å². The molecular formula is C10H12N4O4S. The van der Waals surface area contributed by atoms with E-state index in [-0.39, 0.29) is 11.4 Å². The molecule has 0 aromatic carbocycles. The molecule has 102 valence electrons. The molecule has 0 spiro atoms. The maximum absolute atomic E-state index is 11.8. The van der Waals surface area contributed by atoms with E-state index in [2.05, 4.69) is 9.71 Å². The van der Waals surface area contributed by atoms with Gasteiger partial charge in [0, 0.05) is 12.6 Å². The smallest absolute Gasteiger partial charge is 0.358 e. The monoisotopic (exact) mass is 284 g/mol. The first-order valence-corrected chi connectivity index (χ1v) is 6.68. The summed E-state index contributed by atoms with van der Waals surface area (Å²) in [5.41, 5.74) is -0.846. The van der Waals surface area contributed by atoms with Crippen LogP contribution in [0.3, 0.4) is 0 Å². The molecule has 0 aliphatic heterocycles. The zero-order valence-electron chi connectivity index (χ0n) is 10.3. The second-order valence-corrected chi connectivity index (χ2v) is 6.20. The van der Waals surface area contributed by atoms with Crippen LogP contribution in [0.2, 0.25) is 0 Å². The lowest BCUT2D eigenvalue weighted by Gasteiger charge is -2.15. The molecule has 0 saturated heterocycles. The summed E-state index contributed by atoms with van der Waals surface area (Å²) in [6.45, 7) is 3.11. The molecule has 0 radical (unpaired) electrons. The van der Waals surface area contributed by atoms with Crippen LogP contribution in [-0.4, -0.2) is 24.9 Å². The van der Waals surface area contributed by atoms with E-state index in [1.807, 2.05) is 6.07 Å². The van der Waals surface area contributed by atoms with E-state index in [0.717, 1.165) is 18.3 Å². The summed E-state index contributed by atoms with van der Waals surface area (Å²) in [7, 11) is -3.83. The molecule has 0 unspecified atom stereocenters. The van der Waals surface area contributed by atoms with Crippen LogP contribution in [0.25, 0.3) is 0 Å². The molecule has 1 aromatic rings. The number of nitrogens with one attached hydrogen (secondary N) is 1. The molecule has 1 heterocycles. The van der Waals surface area contributed by atoms with Gasteiger partial charge in [-0.2, -0.15) is 5.26 Å². The third-order valence-corrected chi connectivity index (χ3v) is 3.61. The first-order chi connectivity index (χ1) is 8.68. The lowest BCUT2D eigenvalue weighted by atomic mass is 9.97. The third-order valence-electron chi connectivity index (χ3n) is 2.22. The third kappa shape index (κ3) is 3.97. The summed E-state index contributed by atoms with van der Waals surface area (Å²) in [5, 5.41) is 19.2. The standard InChI is InChI=1S/C10H12N4O4S/c1-10(2,6-11)7-13-19(17,18)8-3-4-9(12-5-8)14(15)16/h3-5,13H,7H2,1-2H3. The van der Waals surface area contributed by atoms with Gasteiger partial charge in [0.2, 0.25) is 10.0 Å². The fourth-order valence-electron chi connectivity index (χ4n) is 1.04. The Morgan fingerprint density at radius 1 is 1.53 bits per heavy atom. The number of nitriles is 1. The predicted octanol–water partition coefficient (Wildman–Crippen LogP) is 0.818. The summed E-state index contributed by atoms with van der Waals surface area (Å²) in [4.78, 5) is 12.9. The Bertz CT molecular complexity index is 616. The predicted molar refractivity (Wildman–Crippen MR) is 65.5 cm³/mol. The van der Waals surface area contributed by atoms with Crippen LogP contribution in [0.4, 0.5) is 5.82 Å².